The maximum atomic E-state index is 12.6. The minimum Gasteiger partial charge on any atom is -0.355 e. The van der Waals surface area contributed by atoms with Gasteiger partial charge in [-0.2, -0.15) is 5.10 Å². The molecule has 2 aromatic heterocycles. The van der Waals surface area contributed by atoms with Gasteiger partial charge in [0.15, 0.2) is 11.6 Å². The Bertz CT molecular complexity index is 955. The molecular weight excluding hydrogens is 401 g/mol. The fraction of sp³-hybridized carbons (Fsp3) is 0.278. The molecule has 1 fully saturated rings. The summed E-state index contributed by atoms with van der Waals surface area (Å²) in [6.45, 7) is 1.45. The Kier molecular flexibility index (Phi) is 5.40. The third-order valence-corrected chi connectivity index (χ3v) is 5.22. The highest BCUT2D eigenvalue weighted by molar-refractivity contribution is 6.36. The molecule has 8 nitrogen and oxygen atoms in total. The van der Waals surface area contributed by atoms with Gasteiger partial charge in [0.25, 0.3) is 0 Å². The maximum Gasteiger partial charge on any atom is 0.227 e. The smallest absolute Gasteiger partial charge is 0.227 e. The largest absolute Gasteiger partial charge is 0.355 e. The maximum absolute atomic E-state index is 12.6. The average molecular weight is 418 g/mol. The molecule has 3 aromatic rings. The molecule has 0 saturated carbocycles. The number of carbonyl (C=O) groups is 1. The van der Waals surface area contributed by atoms with Gasteiger partial charge in [-0.05, 0) is 43.2 Å². The molecule has 0 aliphatic carbocycles. The van der Waals surface area contributed by atoms with E-state index in [0.717, 1.165) is 31.7 Å². The molecule has 1 aliphatic rings. The summed E-state index contributed by atoms with van der Waals surface area (Å²) in [7, 11) is 0. The van der Waals surface area contributed by atoms with E-state index in [2.05, 4.69) is 30.5 Å². The van der Waals surface area contributed by atoms with Crippen molar-refractivity contribution < 1.29 is 4.79 Å². The van der Waals surface area contributed by atoms with Crippen molar-refractivity contribution in [2.75, 3.05) is 23.3 Å². The van der Waals surface area contributed by atoms with Gasteiger partial charge < -0.3 is 10.2 Å². The number of nitrogens with zero attached hydrogens (tertiary/aromatic N) is 6. The fourth-order valence-corrected chi connectivity index (χ4v) is 3.59. The van der Waals surface area contributed by atoms with Crippen molar-refractivity contribution >= 4 is 40.6 Å². The van der Waals surface area contributed by atoms with Gasteiger partial charge in [-0.1, -0.05) is 23.2 Å². The Morgan fingerprint density at radius 1 is 1.07 bits per heavy atom. The Hall–Kier alpha value is -2.71. The highest BCUT2D eigenvalue weighted by Gasteiger charge is 2.26. The summed E-state index contributed by atoms with van der Waals surface area (Å²) in [5.74, 6) is 1.28. The van der Waals surface area contributed by atoms with Crippen LogP contribution < -0.4 is 10.2 Å². The SMILES string of the molecule is O=C(Nc1ccc(Cl)cc1Cl)C1CCN(c2ccc(-n3cncn3)nn2)CC1. The minimum atomic E-state index is -0.0784. The fourth-order valence-electron chi connectivity index (χ4n) is 3.13. The third kappa shape index (κ3) is 4.07. The third-order valence-electron chi connectivity index (χ3n) is 4.67. The van der Waals surface area contributed by atoms with E-state index >= 15 is 0 Å². The molecule has 3 heterocycles. The van der Waals surface area contributed by atoms with E-state index in [1.165, 1.54) is 6.33 Å². The Morgan fingerprint density at radius 3 is 2.46 bits per heavy atom. The molecule has 1 amide bonds. The van der Waals surface area contributed by atoms with Crippen LogP contribution in [0.2, 0.25) is 10.0 Å². The van der Waals surface area contributed by atoms with Crippen molar-refractivity contribution in [1.29, 1.82) is 0 Å². The van der Waals surface area contributed by atoms with Gasteiger partial charge in [-0.25, -0.2) is 9.67 Å². The van der Waals surface area contributed by atoms with E-state index in [0.29, 0.717) is 21.6 Å². The summed E-state index contributed by atoms with van der Waals surface area (Å²) in [5.41, 5.74) is 0.577. The predicted molar refractivity (Wildman–Crippen MR) is 107 cm³/mol. The Morgan fingerprint density at radius 2 is 1.82 bits per heavy atom. The van der Waals surface area contributed by atoms with E-state index in [-0.39, 0.29) is 11.8 Å². The summed E-state index contributed by atoms with van der Waals surface area (Å²) in [4.78, 5) is 18.6. The molecule has 28 heavy (non-hydrogen) atoms. The van der Waals surface area contributed by atoms with Crippen LogP contribution in [0.3, 0.4) is 0 Å². The number of nitrogens with one attached hydrogen (secondary N) is 1. The van der Waals surface area contributed by atoms with Crippen molar-refractivity contribution in [3.8, 4) is 5.82 Å². The lowest BCUT2D eigenvalue weighted by molar-refractivity contribution is -0.120. The van der Waals surface area contributed by atoms with E-state index in [9.17, 15) is 4.79 Å². The number of aromatic nitrogens is 5. The second-order valence-corrected chi connectivity index (χ2v) is 7.31. The first-order valence-corrected chi connectivity index (χ1v) is 9.55. The normalized spacial score (nSPS) is 14.9. The topological polar surface area (TPSA) is 88.8 Å². The van der Waals surface area contributed by atoms with E-state index in [1.807, 2.05) is 12.1 Å². The quantitative estimate of drug-likeness (QED) is 0.700. The standard InChI is InChI=1S/C18H17Cl2N7O/c19-13-1-2-15(14(20)9-13)23-18(28)12-5-7-26(8-6-12)16-3-4-17(25-24-16)27-11-21-10-22-27/h1-4,9-12H,5-8H2,(H,23,28). The van der Waals surface area contributed by atoms with Crippen LogP contribution in [-0.4, -0.2) is 44.0 Å². The zero-order chi connectivity index (χ0) is 19.5. The highest BCUT2D eigenvalue weighted by Crippen LogP contribution is 2.28. The summed E-state index contributed by atoms with van der Waals surface area (Å²) in [6, 6.07) is 8.77. The van der Waals surface area contributed by atoms with Crippen LogP contribution in [0.5, 0.6) is 0 Å². The van der Waals surface area contributed by atoms with Crippen molar-refractivity contribution in [2.24, 2.45) is 5.92 Å². The van der Waals surface area contributed by atoms with E-state index < -0.39 is 0 Å². The predicted octanol–water partition coefficient (Wildman–Crippen LogP) is 3.22. The van der Waals surface area contributed by atoms with Crippen molar-refractivity contribution in [3.63, 3.8) is 0 Å². The number of anilines is 2. The van der Waals surface area contributed by atoms with Crippen LogP contribution >= 0.6 is 23.2 Å². The number of rotatable bonds is 4. The zero-order valence-electron chi connectivity index (χ0n) is 14.8. The van der Waals surface area contributed by atoms with Crippen molar-refractivity contribution in [2.45, 2.75) is 12.8 Å². The second-order valence-electron chi connectivity index (χ2n) is 6.46. The average Bonchev–Trinajstić information content (AvgIpc) is 3.25. The number of carbonyl (C=O) groups excluding carboxylic acids is 1. The van der Waals surface area contributed by atoms with Crippen LogP contribution in [0.15, 0.2) is 43.0 Å². The minimum absolute atomic E-state index is 0.0310. The molecule has 1 aliphatic heterocycles. The van der Waals surface area contributed by atoms with Gasteiger partial charge in [0.2, 0.25) is 5.91 Å². The first-order valence-electron chi connectivity index (χ1n) is 8.80. The molecule has 0 atom stereocenters. The van der Waals surface area contributed by atoms with Gasteiger partial charge in [0.1, 0.15) is 12.7 Å². The van der Waals surface area contributed by atoms with E-state index in [1.54, 1.807) is 29.2 Å². The van der Waals surface area contributed by atoms with Crippen molar-refractivity contribution in [3.05, 3.63) is 53.0 Å². The molecule has 4 rings (SSSR count). The Labute approximate surface area is 171 Å². The van der Waals surface area contributed by atoms with Gasteiger partial charge in [0, 0.05) is 24.0 Å². The van der Waals surface area contributed by atoms with Crippen LogP contribution in [0.25, 0.3) is 5.82 Å². The zero-order valence-corrected chi connectivity index (χ0v) is 16.3. The molecule has 0 unspecified atom stereocenters. The summed E-state index contributed by atoms with van der Waals surface area (Å²) >= 11 is 12.0. The lowest BCUT2D eigenvalue weighted by Gasteiger charge is -2.31. The molecule has 0 spiro atoms. The Balaban J connectivity index is 1.34. The molecule has 0 radical (unpaired) electrons. The number of piperidine rings is 1. The van der Waals surface area contributed by atoms with Gasteiger partial charge in [-0.15, -0.1) is 10.2 Å². The van der Waals surface area contributed by atoms with Crippen LogP contribution in [-0.2, 0) is 4.79 Å². The first kappa shape index (κ1) is 18.6. The monoisotopic (exact) mass is 417 g/mol. The summed E-state index contributed by atoms with van der Waals surface area (Å²) in [5, 5.41) is 16.4. The van der Waals surface area contributed by atoms with Crippen molar-refractivity contribution in [1.82, 2.24) is 25.0 Å². The van der Waals surface area contributed by atoms with Crippen LogP contribution in [0.1, 0.15) is 12.8 Å². The molecule has 144 valence electrons. The second kappa shape index (κ2) is 8.12. The van der Waals surface area contributed by atoms with Gasteiger partial charge in [-0.3, -0.25) is 4.79 Å². The van der Waals surface area contributed by atoms with Crippen LogP contribution in [0.4, 0.5) is 11.5 Å². The molecule has 1 aromatic carbocycles. The molecule has 0 bridgehead atoms. The van der Waals surface area contributed by atoms with Gasteiger partial charge >= 0.3 is 0 Å². The molecule has 10 heteroatoms. The number of amides is 1. The number of hydrogen-bond donors (Lipinski definition) is 1. The number of halogens is 2. The molecule has 1 saturated heterocycles. The van der Waals surface area contributed by atoms with Gasteiger partial charge in [0.05, 0.1) is 10.7 Å². The van der Waals surface area contributed by atoms with E-state index in [4.69, 9.17) is 23.2 Å². The highest BCUT2D eigenvalue weighted by atomic mass is 35.5. The lowest BCUT2D eigenvalue weighted by atomic mass is 9.96. The summed E-state index contributed by atoms with van der Waals surface area (Å²) < 4.78 is 1.55. The number of hydrogen-bond acceptors (Lipinski definition) is 6. The summed E-state index contributed by atoms with van der Waals surface area (Å²) in [6.07, 6.45) is 4.47. The molecule has 1 N–H and O–H groups in total. The van der Waals surface area contributed by atoms with Crippen LogP contribution in [0, 0.1) is 5.92 Å². The molecular formula is C18H17Cl2N7O. The first-order chi connectivity index (χ1) is 13.6. The lowest BCUT2D eigenvalue weighted by Crippen LogP contribution is -2.38. The number of benzene rings is 1.